The summed E-state index contributed by atoms with van der Waals surface area (Å²) in [6, 6.07) is 3.17. The predicted octanol–water partition coefficient (Wildman–Crippen LogP) is 4.89. The molecule has 2 rings (SSSR count). The van der Waals surface area contributed by atoms with Crippen molar-refractivity contribution < 1.29 is 22.1 Å². The first-order valence-electron chi connectivity index (χ1n) is 7.77. The van der Waals surface area contributed by atoms with Gasteiger partial charge in [-0.15, -0.1) is 0 Å². The number of aliphatic imine (C=N–C) groups is 1. The molecule has 1 aromatic heterocycles. The maximum atomic E-state index is 13.0. The fourth-order valence-electron chi connectivity index (χ4n) is 2.18. The molecular weight excluding hydrogens is 440 g/mol. The number of hydrogen-bond donors (Lipinski definition) is 0. The van der Waals surface area contributed by atoms with Crippen LogP contribution in [0.2, 0.25) is 10.0 Å². The van der Waals surface area contributed by atoms with Crippen LogP contribution in [-0.4, -0.2) is 32.7 Å². The van der Waals surface area contributed by atoms with Crippen molar-refractivity contribution >= 4 is 46.2 Å². The summed E-state index contributed by atoms with van der Waals surface area (Å²) >= 11 is 12.1. The van der Waals surface area contributed by atoms with Crippen molar-refractivity contribution in [1.29, 1.82) is 5.26 Å². The fraction of sp³-hybridized carbons (Fsp3) is 0.312. The summed E-state index contributed by atoms with van der Waals surface area (Å²) in [4.78, 5) is 4.04. The fourth-order valence-corrected chi connectivity index (χ4v) is 3.77. The van der Waals surface area contributed by atoms with Crippen molar-refractivity contribution in [3.05, 3.63) is 33.4 Å². The van der Waals surface area contributed by atoms with E-state index in [9.17, 15) is 22.6 Å². The number of alkyl halides is 3. The molecule has 1 unspecified atom stereocenters. The minimum Gasteiger partial charge on any atom is -0.483 e. The van der Waals surface area contributed by atoms with Crippen molar-refractivity contribution in [3.63, 3.8) is 0 Å². The van der Waals surface area contributed by atoms with Gasteiger partial charge in [0.05, 0.1) is 33.0 Å². The third kappa shape index (κ3) is 4.48. The van der Waals surface area contributed by atoms with E-state index < -0.39 is 22.5 Å². The Bertz CT molecular complexity index is 960. The lowest BCUT2D eigenvalue weighted by Crippen LogP contribution is -2.07. The van der Waals surface area contributed by atoms with Gasteiger partial charge in [0, 0.05) is 5.75 Å². The molecule has 0 bridgehead atoms. The SMILES string of the molecule is CCO/C=N/c1c(S(=O)CC)c(C#N)nn1-c1c(Cl)cc(C(F)(F)F)cc1Cl. The van der Waals surface area contributed by atoms with E-state index >= 15 is 0 Å². The molecule has 0 aliphatic rings. The zero-order valence-electron chi connectivity index (χ0n) is 14.5. The Kier molecular flexibility index (Phi) is 7.09. The molecule has 0 radical (unpaired) electrons. The molecule has 1 heterocycles. The normalized spacial score (nSPS) is 12.9. The molecule has 0 N–H and O–H groups in total. The first-order chi connectivity index (χ1) is 13.1. The van der Waals surface area contributed by atoms with E-state index in [1.165, 1.54) is 0 Å². The third-order valence-corrected chi connectivity index (χ3v) is 5.32. The second kappa shape index (κ2) is 8.94. The van der Waals surface area contributed by atoms with Gasteiger partial charge in [-0.3, -0.25) is 4.21 Å². The van der Waals surface area contributed by atoms with Crippen molar-refractivity contribution in [3.8, 4) is 11.8 Å². The van der Waals surface area contributed by atoms with Gasteiger partial charge >= 0.3 is 6.18 Å². The van der Waals surface area contributed by atoms with Crippen LogP contribution in [0.5, 0.6) is 0 Å². The highest BCUT2D eigenvalue weighted by molar-refractivity contribution is 7.85. The Morgan fingerprint density at radius 3 is 2.43 bits per heavy atom. The van der Waals surface area contributed by atoms with Gasteiger partial charge in [-0.25, -0.2) is 4.68 Å². The summed E-state index contributed by atoms with van der Waals surface area (Å²) in [5.41, 5.74) is -1.39. The highest BCUT2D eigenvalue weighted by atomic mass is 35.5. The molecule has 0 aliphatic carbocycles. The second-order valence-electron chi connectivity index (χ2n) is 5.14. The van der Waals surface area contributed by atoms with Gasteiger partial charge in [0.25, 0.3) is 0 Å². The molecular formula is C16H13Cl2F3N4O2S. The Balaban J connectivity index is 2.80. The van der Waals surface area contributed by atoms with Crippen LogP contribution in [-0.2, 0) is 21.7 Å². The maximum absolute atomic E-state index is 13.0. The zero-order valence-corrected chi connectivity index (χ0v) is 16.9. The van der Waals surface area contributed by atoms with Crippen molar-refractivity contribution in [2.45, 2.75) is 24.9 Å². The van der Waals surface area contributed by atoms with E-state index in [-0.39, 0.29) is 44.5 Å². The maximum Gasteiger partial charge on any atom is 0.416 e. The number of nitriles is 1. The molecule has 0 spiro atoms. The number of benzene rings is 1. The van der Waals surface area contributed by atoms with Crippen LogP contribution >= 0.6 is 23.2 Å². The van der Waals surface area contributed by atoms with Crippen LogP contribution in [0, 0.1) is 11.3 Å². The number of rotatable bonds is 6. The van der Waals surface area contributed by atoms with E-state index in [1.807, 2.05) is 0 Å². The molecule has 0 amide bonds. The van der Waals surface area contributed by atoms with Gasteiger partial charge in [0.15, 0.2) is 17.9 Å². The molecule has 0 saturated carbocycles. The zero-order chi connectivity index (χ0) is 21.1. The summed E-state index contributed by atoms with van der Waals surface area (Å²) in [5.74, 6) is 0.0835. The number of nitrogens with zero attached hydrogens (tertiary/aromatic N) is 4. The Labute approximate surface area is 171 Å². The average Bonchev–Trinajstić information content (AvgIpc) is 2.98. The lowest BCUT2D eigenvalue weighted by Gasteiger charge is -2.13. The monoisotopic (exact) mass is 452 g/mol. The minimum atomic E-state index is -4.65. The smallest absolute Gasteiger partial charge is 0.416 e. The van der Waals surface area contributed by atoms with Crippen LogP contribution in [0.4, 0.5) is 19.0 Å². The van der Waals surface area contributed by atoms with E-state index in [0.717, 1.165) is 11.1 Å². The van der Waals surface area contributed by atoms with E-state index in [0.29, 0.717) is 12.1 Å². The number of ether oxygens (including phenoxy) is 1. The van der Waals surface area contributed by atoms with Crippen LogP contribution in [0.1, 0.15) is 25.1 Å². The lowest BCUT2D eigenvalue weighted by atomic mass is 10.2. The molecule has 0 fully saturated rings. The number of halogens is 5. The minimum absolute atomic E-state index is 0.00739. The van der Waals surface area contributed by atoms with Crippen LogP contribution < -0.4 is 0 Å². The van der Waals surface area contributed by atoms with Gasteiger partial charge in [0.1, 0.15) is 16.7 Å². The summed E-state index contributed by atoms with van der Waals surface area (Å²) in [6.07, 6.45) is -3.60. The van der Waals surface area contributed by atoms with Gasteiger partial charge in [-0.1, -0.05) is 30.1 Å². The van der Waals surface area contributed by atoms with Crippen molar-refractivity contribution in [1.82, 2.24) is 9.78 Å². The highest BCUT2D eigenvalue weighted by Crippen LogP contribution is 2.40. The van der Waals surface area contributed by atoms with Crippen molar-refractivity contribution in [2.24, 2.45) is 4.99 Å². The predicted molar refractivity (Wildman–Crippen MR) is 100 cm³/mol. The second-order valence-corrected chi connectivity index (χ2v) is 7.63. The Morgan fingerprint density at radius 2 is 1.96 bits per heavy atom. The molecule has 0 saturated heterocycles. The summed E-state index contributed by atoms with van der Waals surface area (Å²) < 4.78 is 57.4. The van der Waals surface area contributed by atoms with E-state index in [2.05, 4.69) is 10.1 Å². The first kappa shape index (κ1) is 22.2. The average molecular weight is 453 g/mol. The molecule has 28 heavy (non-hydrogen) atoms. The molecule has 6 nitrogen and oxygen atoms in total. The summed E-state index contributed by atoms with van der Waals surface area (Å²) in [7, 11) is -1.64. The molecule has 1 aromatic carbocycles. The highest BCUT2D eigenvalue weighted by Gasteiger charge is 2.33. The summed E-state index contributed by atoms with van der Waals surface area (Å²) in [5, 5.41) is 12.6. The topological polar surface area (TPSA) is 80.3 Å². The molecule has 1 atom stereocenters. The van der Waals surface area contributed by atoms with Crippen LogP contribution in [0.15, 0.2) is 22.0 Å². The molecule has 0 aliphatic heterocycles. The Hall–Kier alpha value is -2.09. The first-order valence-corrected chi connectivity index (χ1v) is 9.85. The third-order valence-electron chi connectivity index (χ3n) is 3.39. The molecule has 12 heteroatoms. The van der Waals surface area contributed by atoms with Gasteiger partial charge in [-0.05, 0) is 19.1 Å². The standard InChI is InChI=1S/C16H13Cl2F3N4O2S/c1-3-27-8-23-15-14(28(26)4-2)12(7-22)24-25(15)13-10(17)5-9(6-11(13)18)16(19,20)21/h5-6,8H,3-4H2,1-2H3/b23-8+. The van der Waals surface area contributed by atoms with Gasteiger partial charge < -0.3 is 4.74 Å². The lowest BCUT2D eigenvalue weighted by molar-refractivity contribution is -0.137. The molecule has 150 valence electrons. The number of aromatic nitrogens is 2. The Morgan fingerprint density at radius 1 is 1.36 bits per heavy atom. The quantitative estimate of drug-likeness (QED) is 0.461. The largest absolute Gasteiger partial charge is 0.483 e. The van der Waals surface area contributed by atoms with Crippen LogP contribution in [0.25, 0.3) is 5.69 Å². The van der Waals surface area contributed by atoms with E-state index in [1.54, 1.807) is 19.9 Å². The van der Waals surface area contributed by atoms with E-state index in [4.69, 9.17) is 27.9 Å². The number of hydrogen-bond acceptors (Lipinski definition) is 5. The summed E-state index contributed by atoms with van der Waals surface area (Å²) in [6.45, 7) is 3.62. The van der Waals surface area contributed by atoms with Gasteiger partial charge in [-0.2, -0.15) is 28.5 Å². The van der Waals surface area contributed by atoms with Gasteiger partial charge in [0.2, 0.25) is 0 Å². The van der Waals surface area contributed by atoms with Crippen LogP contribution in [0.3, 0.4) is 0 Å². The van der Waals surface area contributed by atoms with Crippen molar-refractivity contribution in [2.75, 3.05) is 12.4 Å². The molecule has 2 aromatic rings.